The normalized spacial score (nSPS) is 17.2. The zero-order chi connectivity index (χ0) is 15.8. The van der Waals surface area contributed by atoms with Crippen LogP contribution in [0.15, 0.2) is 24.3 Å². The molecule has 5 nitrogen and oxygen atoms in total. The Kier molecular flexibility index (Phi) is 6.83. The van der Waals surface area contributed by atoms with Crippen LogP contribution in [0, 0.1) is 0 Å². The lowest BCUT2D eigenvalue weighted by Gasteiger charge is -2.26. The van der Waals surface area contributed by atoms with Gasteiger partial charge < -0.3 is 20.7 Å². The van der Waals surface area contributed by atoms with E-state index in [1.165, 1.54) is 45.0 Å². The number of ether oxygens (including phenoxy) is 1. The topological polar surface area (TPSA) is 67.6 Å². The Morgan fingerprint density at radius 1 is 1.27 bits per heavy atom. The molecule has 0 aromatic heterocycles. The van der Waals surface area contributed by atoms with Crippen LogP contribution >= 0.6 is 0 Å². The number of benzene rings is 1. The Bertz CT molecular complexity index is 455. The fourth-order valence-corrected chi connectivity index (χ4v) is 2.72. The molecule has 0 bridgehead atoms. The first-order valence-electron chi connectivity index (χ1n) is 8.05. The maximum absolute atomic E-state index is 11.8. The van der Waals surface area contributed by atoms with Crippen LogP contribution in [0.1, 0.15) is 24.8 Å². The van der Waals surface area contributed by atoms with E-state index in [4.69, 9.17) is 10.5 Å². The molecule has 1 aliphatic rings. The van der Waals surface area contributed by atoms with Crippen molar-refractivity contribution >= 4 is 11.6 Å². The predicted molar refractivity (Wildman–Crippen MR) is 88.9 cm³/mol. The molecule has 1 saturated heterocycles. The molecule has 0 aliphatic carbocycles. The van der Waals surface area contributed by atoms with Gasteiger partial charge in [0.1, 0.15) is 6.04 Å². The summed E-state index contributed by atoms with van der Waals surface area (Å²) in [5.41, 5.74) is 7.77. The third kappa shape index (κ3) is 5.40. The molecule has 1 amide bonds. The molecule has 1 heterocycles. The first-order chi connectivity index (χ1) is 10.7. The molecule has 22 heavy (non-hydrogen) atoms. The van der Waals surface area contributed by atoms with E-state index < -0.39 is 6.04 Å². The third-order valence-corrected chi connectivity index (χ3v) is 4.07. The van der Waals surface area contributed by atoms with Crippen LogP contribution in [0.25, 0.3) is 0 Å². The highest BCUT2D eigenvalue weighted by Gasteiger charge is 2.13. The number of nitrogens with zero attached hydrogens (tertiary/aromatic N) is 1. The molecule has 1 aromatic carbocycles. The molecule has 5 heteroatoms. The highest BCUT2D eigenvalue weighted by atomic mass is 16.5. The number of amides is 1. The summed E-state index contributed by atoms with van der Waals surface area (Å²) in [5, 5.41) is 2.80. The first-order valence-corrected chi connectivity index (χ1v) is 8.05. The molecular weight excluding hydrogens is 278 g/mol. The van der Waals surface area contributed by atoms with Crippen molar-refractivity contribution in [2.24, 2.45) is 5.73 Å². The van der Waals surface area contributed by atoms with Crippen molar-refractivity contribution in [1.29, 1.82) is 0 Å². The number of carbonyl (C=O) groups excluding carboxylic acids is 1. The van der Waals surface area contributed by atoms with Gasteiger partial charge in [0.25, 0.3) is 0 Å². The largest absolute Gasteiger partial charge is 0.383 e. The number of nitrogens with two attached hydrogens (primary N) is 1. The van der Waals surface area contributed by atoms with Gasteiger partial charge in [0, 0.05) is 19.3 Å². The predicted octanol–water partition coefficient (Wildman–Crippen LogP) is 1.63. The molecule has 1 aromatic rings. The zero-order valence-electron chi connectivity index (χ0n) is 13.4. The minimum Gasteiger partial charge on any atom is -0.383 e. The molecule has 0 spiro atoms. The Morgan fingerprint density at radius 2 is 1.95 bits per heavy atom. The number of hydrogen-bond donors (Lipinski definition) is 2. The standard InChI is InChI=1S/C17H27N3O2/c1-22-13-16(18)17(21)19-15-7-5-14(6-8-15)9-12-20-10-3-2-4-11-20/h5-8,16H,2-4,9-13,18H2,1H3,(H,19,21). The Hall–Kier alpha value is -1.43. The van der Waals surface area contributed by atoms with E-state index in [0.717, 1.165) is 18.7 Å². The summed E-state index contributed by atoms with van der Waals surface area (Å²) >= 11 is 0. The van der Waals surface area contributed by atoms with E-state index in [1.807, 2.05) is 12.1 Å². The van der Waals surface area contributed by atoms with Gasteiger partial charge in [-0.05, 0) is 50.0 Å². The minimum atomic E-state index is -0.635. The van der Waals surface area contributed by atoms with Gasteiger partial charge in [-0.1, -0.05) is 18.6 Å². The lowest BCUT2D eigenvalue weighted by molar-refractivity contribution is -0.118. The summed E-state index contributed by atoms with van der Waals surface area (Å²) in [6.07, 6.45) is 5.08. The monoisotopic (exact) mass is 305 g/mol. The second-order valence-corrected chi connectivity index (χ2v) is 5.90. The van der Waals surface area contributed by atoms with Crippen LogP contribution in [0.3, 0.4) is 0 Å². The number of piperidine rings is 1. The van der Waals surface area contributed by atoms with Crippen molar-refractivity contribution in [3.05, 3.63) is 29.8 Å². The van der Waals surface area contributed by atoms with Crippen molar-refractivity contribution < 1.29 is 9.53 Å². The quantitative estimate of drug-likeness (QED) is 0.803. The van der Waals surface area contributed by atoms with E-state index in [9.17, 15) is 4.79 Å². The molecular formula is C17H27N3O2. The molecule has 1 unspecified atom stereocenters. The van der Waals surface area contributed by atoms with Crippen LogP contribution in [-0.2, 0) is 16.0 Å². The van der Waals surface area contributed by atoms with Crippen molar-refractivity contribution in [3.8, 4) is 0 Å². The van der Waals surface area contributed by atoms with Gasteiger partial charge in [0.15, 0.2) is 0 Å². The highest BCUT2D eigenvalue weighted by Crippen LogP contribution is 2.13. The van der Waals surface area contributed by atoms with Crippen LogP contribution < -0.4 is 11.1 Å². The van der Waals surface area contributed by atoms with Gasteiger partial charge >= 0.3 is 0 Å². The molecule has 2 rings (SSSR count). The Morgan fingerprint density at radius 3 is 2.59 bits per heavy atom. The highest BCUT2D eigenvalue weighted by molar-refractivity contribution is 5.94. The lowest BCUT2D eigenvalue weighted by atomic mass is 10.1. The van der Waals surface area contributed by atoms with Crippen molar-refractivity contribution in [2.45, 2.75) is 31.7 Å². The summed E-state index contributed by atoms with van der Waals surface area (Å²) in [5.74, 6) is -0.220. The molecule has 1 fully saturated rings. The molecule has 0 radical (unpaired) electrons. The van der Waals surface area contributed by atoms with E-state index in [0.29, 0.717) is 0 Å². The first kappa shape index (κ1) is 16.9. The van der Waals surface area contributed by atoms with Gasteiger partial charge in [-0.25, -0.2) is 0 Å². The van der Waals surface area contributed by atoms with E-state index in [-0.39, 0.29) is 12.5 Å². The SMILES string of the molecule is COCC(N)C(=O)Nc1ccc(CCN2CCCCC2)cc1. The van der Waals surface area contributed by atoms with Crippen molar-refractivity contribution in [1.82, 2.24) is 4.90 Å². The summed E-state index contributed by atoms with van der Waals surface area (Å²) in [7, 11) is 1.53. The van der Waals surface area contributed by atoms with Crippen molar-refractivity contribution in [2.75, 3.05) is 38.7 Å². The number of likely N-dealkylation sites (tertiary alicyclic amines) is 1. The average Bonchev–Trinajstić information content (AvgIpc) is 2.55. The number of hydrogen-bond acceptors (Lipinski definition) is 4. The molecule has 0 saturated carbocycles. The summed E-state index contributed by atoms with van der Waals surface area (Å²) < 4.78 is 4.88. The second kappa shape index (κ2) is 8.88. The smallest absolute Gasteiger partial charge is 0.243 e. The van der Waals surface area contributed by atoms with Crippen molar-refractivity contribution in [3.63, 3.8) is 0 Å². The van der Waals surface area contributed by atoms with E-state index in [2.05, 4.69) is 22.3 Å². The Labute approximate surface area is 132 Å². The average molecular weight is 305 g/mol. The van der Waals surface area contributed by atoms with Gasteiger partial charge in [-0.3, -0.25) is 4.79 Å². The van der Waals surface area contributed by atoms with E-state index >= 15 is 0 Å². The van der Waals surface area contributed by atoms with Gasteiger partial charge in [0.2, 0.25) is 5.91 Å². The van der Waals surface area contributed by atoms with Crippen LogP contribution in [0.5, 0.6) is 0 Å². The fourth-order valence-electron chi connectivity index (χ4n) is 2.72. The summed E-state index contributed by atoms with van der Waals surface area (Å²) in [6.45, 7) is 3.79. The summed E-state index contributed by atoms with van der Waals surface area (Å²) in [6, 6.07) is 7.37. The van der Waals surface area contributed by atoms with Crippen LogP contribution in [0.4, 0.5) is 5.69 Å². The molecule has 3 N–H and O–H groups in total. The zero-order valence-corrected chi connectivity index (χ0v) is 13.4. The number of anilines is 1. The Balaban J connectivity index is 1.78. The lowest BCUT2D eigenvalue weighted by Crippen LogP contribution is -2.39. The summed E-state index contributed by atoms with van der Waals surface area (Å²) in [4.78, 5) is 14.3. The minimum absolute atomic E-state index is 0.220. The maximum Gasteiger partial charge on any atom is 0.243 e. The van der Waals surface area contributed by atoms with Crippen LogP contribution in [-0.4, -0.2) is 50.2 Å². The number of nitrogens with one attached hydrogen (secondary N) is 1. The van der Waals surface area contributed by atoms with Gasteiger partial charge in [-0.2, -0.15) is 0 Å². The second-order valence-electron chi connectivity index (χ2n) is 5.90. The number of methoxy groups -OCH3 is 1. The van der Waals surface area contributed by atoms with Gasteiger partial charge in [-0.15, -0.1) is 0 Å². The van der Waals surface area contributed by atoms with Gasteiger partial charge in [0.05, 0.1) is 6.61 Å². The maximum atomic E-state index is 11.8. The third-order valence-electron chi connectivity index (χ3n) is 4.07. The van der Waals surface area contributed by atoms with E-state index in [1.54, 1.807) is 0 Å². The molecule has 1 atom stereocenters. The molecule has 122 valence electrons. The fraction of sp³-hybridized carbons (Fsp3) is 0.588. The number of rotatable bonds is 7. The van der Waals surface area contributed by atoms with Crippen LogP contribution in [0.2, 0.25) is 0 Å². The number of carbonyl (C=O) groups is 1. The molecule has 1 aliphatic heterocycles.